The Hall–Kier alpha value is -0.990. The molecule has 2 saturated heterocycles. The number of nitrogens with one attached hydrogen (secondary N) is 1. The van der Waals surface area contributed by atoms with E-state index >= 15 is 0 Å². The van der Waals surface area contributed by atoms with Gasteiger partial charge in [0, 0.05) is 26.1 Å². The van der Waals surface area contributed by atoms with Crippen molar-refractivity contribution in [1.29, 1.82) is 0 Å². The van der Waals surface area contributed by atoms with E-state index in [2.05, 4.69) is 15.2 Å². The van der Waals surface area contributed by atoms with Crippen LogP contribution in [-0.4, -0.2) is 71.2 Å². The van der Waals surface area contributed by atoms with Crippen molar-refractivity contribution in [2.75, 3.05) is 26.2 Å². The standard InChI is InChI=1S/C13H21N3O4S/c1-2-14-13(18)19-7-8-6-9(17)10-11(20-8)21-12(15-10)16-4-3-5-16/h8-11,17H,2-7H2,1H3,(H,14,18)/t8-,9-,10+,11+/m0/s1. The summed E-state index contributed by atoms with van der Waals surface area (Å²) in [6.07, 6.45) is 0.369. The van der Waals surface area contributed by atoms with Crippen LogP contribution in [0.4, 0.5) is 4.79 Å². The molecule has 3 rings (SSSR count). The van der Waals surface area contributed by atoms with Crippen LogP contribution in [0, 0.1) is 0 Å². The fourth-order valence-corrected chi connectivity index (χ4v) is 3.87. The molecule has 0 bridgehead atoms. The van der Waals surface area contributed by atoms with E-state index in [0.717, 1.165) is 18.3 Å². The van der Waals surface area contributed by atoms with Gasteiger partial charge in [-0.1, -0.05) is 11.8 Å². The molecular weight excluding hydrogens is 294 g/mol. The number of hydrogen-bond donors (Lipinski definition) is 2. The lowest BCUT2D eigenvalue weighted by atomic mass is 10.0. The second-order valence-corrected chi connectivity index (χ2v) is 6.48. The molecule has 1 amide bonds. The molecule has 2 N–H and O–H groups in total. The fraction of sp³-hybridized carbons (Fsp3) is 0.846. The lowest BCUT2D eigenvalue weighted by molar-refractivity contribution is -0.0889. The minimum Gasteiger partial charge on any atom is -0.447 e. The molecule has 118 valence electrons. The van der Waals surface area contributed by atoms with Crippen LogP contribution in [0.15, 0.2) is 4.99 Å². The van der Waals surface area contributed by atoms with E-state index < -0.39 is 12.2 Å². The summed E-state index contributed by atoms with van der Waals surface area (Å²) in [6.45, 7) is 4.58. The molecule has 4 atom stereocenters. The van der Waals surface area contributed by atoms with Crippen LogP contribution < -0.4 is 5.32 Å². The van der Waals surface area contributed by atoms with Crippen molar-refractivity contribution in [2.45, 2.75) is 43.5 Å². The first-order valence-electron chi connectivity index (χ1n) is 7.41. The Morgan fingerprint density at radius 3 is 3.10 bits per heavy atom. The topological polar surface area (TPSA) is 83.4 Å². The highest BCUT2D eigenvalue weighted by atomic mass is 32.2. The Labute approximate surface area is 128 Å². The third-order valence-electron chi connectivity index (χ3n) is 3.83. The highest BCUT2D eigenvalue weighted by molar-refractivity contribution is 8.14. The molecule has 3 heterocycles. The van der Waals surface area contributed by atoms with Crippen LogP contribution in [0.25, 0.3) is 0 Å². The zero-order valence-corrected chi connectivity index (χ0v) is 12.8. The number of carbonyl (C=O) groups is 1. The predicted molar refractivity (Wildman–Crippen MR) is 79.3 cm³/mol. The fourth-order valence-electron chi connectivity index (χ4n) is 2.56. The molecule has 21 heavy (non-hydrogen) atoms. The number of thioether (sulfide) groups is 1. The first kappa shape index (κ1) is 14.9. The maximum Gasteiger partial charge on any atom is 0.407 e. The number of fused-ring (bicyclic) bond motifs is 1. The number of amidine groups is 1. The average Bonchev–Trinajstić information content (AvgIpc) is 2.78. The number of alkyl carbamates (subject to hydrolysis) is 1. The van der Waals surface area contributed by atoms with E-state index in [9.17, 15) is 9.90 Å². The molecule has 7 nitrogen and oxygen atoms in total. The average molecular weight is 315 g/mol. The number of hydrogen-bond acceptors (Lipinski definition) is 7. The molecule has 8 heteroatoms. The predicted octanol–water partition coefficient (Wildman–Crippen LogP) is 0.385. The number of likely N-dealkylation sites (tertiary alicyclic amines) is 1. The largest absolute Gasteiger partial charge is 0.447 e. The van der Waals surface area contributed by atoms with Gasteiger partial charge in [-0.3, -0.25) is 4.99 Å². The molecule has 0 spiro atoms. The SMILES string of the molecule is CCNC(=O)OC[C@@H]1C[C@H](O)[C@H]2N=C(N3CCC3)S[C@H]2O1. The molecule has 0 radical (unpaired) electrons. The molecule has 3 aliphatic rings. The first-order valence-corrected chi connectivity index (χ1v) is 8.29. The molecular formula is C13H21N3O4S. The van der Waals surface area contributed by atoms with E-state index in [1.807, 2.05) is 6.92 Å². The van der Waals surface area contributed by atoms with Gasteiger partial charge in [-0.15, -0.1) is 0 Å². The number of aliphatic hydroxyl groups excluding tert-OH is 1. The number of carbonyl (C=O) groups excluding carboxylic acids is 1. The monoisotopic (exact) mass is 315 g/mol. The van der Waals surface area contributed by atoms with Gasteiger partial charge in [-0.2, -0.15) is 0 Å². The van der Waals surface area contributed by atoms with Crippen LogP contribution in [0.5, 0.6) is 0 Å². The lowest BCUT2D eigenvalue weighted by Gasteiger charge is -2.34. The highest BCUT2D eigenvalue weighted by Gasteiger charge is 2.44. The highest BCUT2D eigenvalue weighted by Crippen LogP contribution is 2.38. The normalized spacial score (nSPS) is 34.8. The van der Waals surface area contributed by atoms with Gasteiger partial charge in [0.05, 0.1) is 12.2 Å². The second-order valence-electron chi connectivity index (χ2n) is 5.42. The van der Waals surface area contributed by atoms with E-state index in [-0.39, 0.29) is 24.2 Å². The Bertz CT molecular complexity index is 430. The van der Waals surface area contributed by atoms with Crippen molar-refractivity contribution in [3.8, 4) is 0 Å². The van der Waals surface area contributed by atoms with Crippen molar-refractivity contribution >= 4 is 23.0 Å². The van der Waals surface area contributed by atoms with Gasteiger partial charge in [-0.05, 0) is 13.3 Å². The summed E-state index contributed by atoms with van der Waals surface area (Å²) in [5, 5.41) is 13.8. The molecule has 0 unspecified atom stereocenters. The van der Waals surface area contributed by atoms with Gasteiger partial charge in [0.1, 0.15) is 18.1 Å². The zero-order chi connectivity index (χ0) is 14.8. The van der Waals surface area contributed by atoms with Gasteiger partial charge in [-0.25, -0.2) is 4.79 Å². The molecule has 0 aromatic rings. The van der Waals surface area contributed by atoms with Crippen LogP contribution in [0.1, 0.15) is 19.8 Å². The van der Waals surface area contributed by atoms with Gasteiger partial charge >= 0.3 is 6.09 Å². The number of aliphatic hydroxyl groups is 1. The maximum absolute atomic E-state index is 11.3. The number of amides is 1. The van der Waals surface area contributed by atoms with Crippen molar-refractivity contribution in [2.24, 2.45) is 4.99 Å². The number of ether oxygens (including phenoxy) is 2. The molecule has 0 aromatic heterocycles. The summed E-state index contributed by atoms with van der Waals surface area (Å²) in [5.41, 5.74) is -0.174. The quantitative estimate of drug-likeness (QED) is 0.784. The third kappa shape index (κ3) is 3.27. The minimum absolute atomic E-state index is 0.158. The molecule has 0 aliphatic carbocycles. The van der Waals surface area contributed by atoms with Gasteiger partial charge < -0.3 is 24.8 Å². The van der Waals surface area contributed by atoms with Crippen LogP contribution in [0.3, 0.4) is 0 Å². The van der Waals surface area contributed by atoms with E-state index in [1.54, 1.807) is 11.8 Å². The van der Waals surface area contributed by atoms with E-state index in [0.29, 0.717) is 13.0 Å². The summed E-state index contributed by atoms with van der Waals surface area (Å²) in [4.78, 5) is 18.1. The van der Waals surface area contributed by atoms with Gasteiger partial charge in [0.25, 0.3) is 0 Å². The van der Waals surface area contributed by atoms with Gasteiger partial charge in [0.2, 0.25) is 0 Å². The lowest BCUT2D eigenvalue weighted by Crippen LogP contribution is -2.46. The summed E-state index contributed by atoms with van der Waals surface area (Å²) in [5.74, 6) is 0. The Balaban J connectivity index is 1.51. The first-order chi connectivity index (χ1) is 10.2. The molecule has 3 aliphatic heterocycles. The van der Waals surface area contributed by atoms with Crippen LogP contribution in [-0.2, 0) is 9.47 Å². The minimum atomic E-state index is -0.544. The number of aliphatic imine (C=N–C) groups is 1. The Kier molecular flexibility index (Phi) is 4.56. The van der Waals surface area contributed by atoms with Crippen molar-refractivity contribution in [1.82, 2.24) is 10.2 Å². The maximum atomic E-state index is 11.3. The van der Waals surface area contributed by atoms with E-state index in [4.69, 9.17) is 9.47 Å². The molecule has 2 fully saturated rings. The third-order valence-corrected chi connectivity index (χ3v) is 5.03. The van der Waals surface area contributed by atoms with Crippen molar-refractivity contribution < 1.29 is 19.4 Å². The van der Waals surface area contributed by atoms with Crippen LogP contribution >= 0.6 is 11.8 Å². The zero-order valence-electron chi connectivity index (χ0n) is 12.0. The number of nitrogens with zero attached hydrogens (tertiary/aromatic N) is 2. The summed E-state index contributed by atoms with van der Waals surface area (Å²) >= 11 is 1.57. The van der Waals surface area contributed by atoms with E-state index in [1.165, 1.54) is 6.42 Å². The smallest absolute Gasteiger partial charge is 0.407 e. The van der Waals surface area contributed by atoms with Crippen molar-refractivity contribution in [3.05, 3.63) is 0 Å². The Morgan fingerprint density at radius 1 is 1.62 bits per heavy atom. The molecule has 0 saturated carbocycles. The van der Waals surface area contributed by atoms with Crippen molar-refractivity contribution in [3.63, 3.8) is 0 Å². The second kappa shape index (κ2) is 6.41. The van der Waals surface area contributed by atoms with Crippen LogP contribution in [0.2, 0.25) is 0 Å². The molecule has 0 aromatic carbocycles. The summed E-state index contributed by atoms with van der Waals surface area (Å²) in [6, 6.07) is -0.202. The summed E-state index contributed by atoms with van der Waals surface area (Å²) < 4.78 is 11.0. The number of rotatable bonds is 3. The Morgan fingerprint density at radius 2 is 2.43 bits per heavy atom. The summed E-state index contributed by atoms with van der Waals surface area (Å²) in [7, 11) is 0. The van der Waals surface area contributed by atoms with Gasteiger partial charge in [0.15, 0.2) is 5.17 Å².